The molecule has 1 aromatic carbocycles. The Morgan fingerprint density at radius 1 is 1.24 bits per heavy atom. The summed E-state index contributed by atoms with van der Waals surface area (Å²) in [6.45, 7) is 2.97. The maximum absolute atomic E-state index is 13.1. The lowest BCUT2D eigenvalue weighted by Gasteiger charge is -2.21. The summed E-state index contributed by atoms with van der Waals surface area (Å²) in [5.74, 6) is -0.559. The van der Waals surface area contributed by atoms with E-state index in [4.69, 9.17) is 0 Å². The van der Waals surface area contributed by atoms with Crippen LogP contribution in [0.4, 0.5) is 4.39 Å². The van der Waals surface area contributed by atoms with Crippen LogP contribution in [0.25, 0.3) is 0 Å². The van der Waals surface area contributed by atoms with Crippen molar-refractivity contribution >= 4 is 31.9 Å². The topological polar surface area (TPSA) is 57.7 Å². The van der Waals surface area contributed by atoms with E-state index in [1.807, 2.05) is 0 Å². The van der Waals surface area contributed by atoms with Gasteiger partial charge in [0.1, 0.15) is 5.82 Å². The third-order valence-electron chi connectivity index (χ3n) is 3.41. The summed E-state index contributed by atoms with van der Waals surface area (Å²) in [5.41, 5.74) is 0. The molecule has 1 heterocycles. The van der Waals surface area contributed by atoms with E-state index >= 15 is 0 Å². The first kappa shape index (κ1) is 16.4. The maximum Gasteiger partial charge on any atom is 0.244 e. The fraction of sp³-hybridized carbons (Fsp3) is 0.462. The van der Waals surface area contributed by atoms with E-state index in [-0.39, 0.29) is 21.8 Å². The number of carbonyl (C=O) groups excluding carboxylic acids is 1. The highest BCUT2D eigenvalue weighted by Crippen LogP contribution is 2.26. The van der Waals surface area contributed by atoms with Crippen molar-refractivity contribution in [1.82, 2.24) is 9.21 Å². The largest absolute Gasteiger partial charge is 0.342 e. The average molecular weight is 379 g/mol. The molecule has 21 heavy (non-hydrogen) atoms. The van der Waals surface area contributed by atoms with Gasteiger partial charge >= 0.3 is 0 Å². The molecule has 0 aromatic heterocycles. The highest BCUT2D eigenvalue weighted by molar-refractivity contribution is 9.10. The quantitative estimate of drug-likeness (QED) is 0.788. The molecule has 1 aliphatic heterocycles. The number of rotatable bonds is 2. The predicted octanol–water partition coefficient (Wildman–Crippen LogP) is 1.83. The van der Waals surface area contributed by atoms with Crippen LogP contribution in [-0.4, -0.2) is 49.7 Å². The first-order valence-electron chi connectivity index (χ1n) is 6.53. The van der Waals surface area contributed by atoms with Crippen molar-refractivity contribution in [3.63, 3.8) is 0 Å². The average Bonchev–Trinajstić information content (AvgIpc) is 2.64. The van der Waals surface area contributed by atoms with Gasteiger partial charge in [-0.2, -0.15) is 4.31 Å². The molecule has 5 nitrogen and oxygen atoms in total. The molecule has 2 rings (SSSR count). The summed E-state index contributed by atoms with van der Waals surface area (Å²) in [6.07, 6.45) is 0.581. The van der Waals surface area contributed by atoms with Gasteiger partial charge in [-0.3, -0.25) is 4.79 Å². The van der Waals surface area contributed by atoms with Crippen LogP contribution in [0.1, 0.15) is 13.3 Å². The molecule has 0 N–H and O–H groups in total. The fourth-order valence-electron chi connectivity index (χ4n) is 2.27. The lowest BCUT2D eigenvalue weighted by Crippen LogP contribution is -2.36. The zero-order valence-corrected chi connectivity index (χ0v) is 14.0. The van der Waals surface area contributed by atoms with E-state index < -0.39 is 15.8 Å². The normalized spacial score (nSPS) is 17.6. The molecule has 8 heteroatoms. The molecule has 1 fully saturated rings. The van der Waals surface area contributed by atoms with Gasteiger partial charge in [0.05, 0.1) is 4.90 Å². The van der Waals surface area contributed by atoms with Gasteiger partial charge < -0.3 is 4.90 Å². The van der Waals surface area contributed by atoms with Crippen molar-refractivity contribution in [2.75, 3.05) is 26.2 Å². The summed E-state index contributed by atoms with van der Waals surface area (Å²) < 4.78 is 39.9. The Kier molecular flexibility index (Phi) is 5.00. The van der Waals surface area contributed by atoms with Crippen LogP contribution in [0.3, 0.4) is 0 Å². The molecule has 0 radical (unpaired) electrons. The van der Waals surface area contributed by atoms with Crippen LogP contribution >= 0.6 is 15.9 Å². The van der Waals surface area contributed by atoms with Gasteiger partial charge in [0, 0.05) is 37.6 Å². The predicted molar refractivity (Wildman–Crippen MR) is 79.7 cm³/mol. The van der Waals surface area contributed by atoms with Crippen LogP contribution in [-0.2, 0) is 14.8 Å². The van der Waals surface area contributed by atoms with E-state index in [0.29, 0.717) is 26.1 Å². The molecule has 0 bridgehead atoms. The van der Waals surface area contributed by atoms with Gasteiger partial charge in [0.2, 0.25) is 15.9 Å². The standard InChI is InChI=1S/C13H16BrFN2O3S/c1-10(18)16-5-2-6-17(8-7-16)21(19,20)13-4-3-11(15)9-12(13)14/h3-4,9H,2,5-8H2,1H3. The lowest BCUT2D eigenvalue weighted by molar-refractivity contribution is -0.128. The molecule has 1 aliphatic rings. The van der Waals surface area contributed by atoms with E-state index in [9.17, 15) is 17.6 Å². The molecule has 0 saturated carbocycles. The van der Waals surface area contributed by atoms with Gasteiger partial charge in [-0.15, -0.1) is 0 Å². The molecule has 0 atom stereocenters. The molecule has 0 aliphatic carbocycles. The Morgan fingerprint density at radius 3 is 2.57 bits per heavy atom. The molecule has 1 amide bonds. The zero-order chi connectivity index (χ0) is 15.6. The Morgan fingerprint density at radius 2 is 1.95 bits per heavy atom. The first-order valence-corrected chi connectivity index (χ1v) is 8.76. The molecule has 0 spiro atoms. The van der Waals surface area contributed by atoms with E-state index in [1.54, 1.807) is 4.90 Å². The minimum Gasteiger partial charge on any atom is -0.342 e. The van der Waals surface area contributed by atoms with Crippen molar-refractivity contribution in [2.45, 2.75) is 18.2 Å². The molecule has 0 unspecified atom stereocenters. The number of carbonyl (C=O) groups is 1. The van der Waals surface area contributed by atoms with E-state index in [0.717, 1.165) is 12.1 Å². The first-order chi connectivity index (χ1) is 9.82. The van der Waals surface area contributed by atoms with E-state index in [2.05, 4.69) is 15.9 Å². The SMILES string of the molecule is CC(=O)N1CCCN(S(=O)(=O)c2ccc(F)cc2Br)CC1. The number of benzene rings is 1. The summed E-state index contributed by atoms with van der Waals surface area (Å²) in [7, 11) is -3.70. The molecular formula is C13H16BrFN2O3S. The van der Waals surface area contributed by atoms with Gasteiger partial charge in [-0.05, 0) is 40.5 Å². The molecular weight excluding hydrogens is 363 g/mol. The maximum atomic E-state index is 13.1. The number of amides is 1. The highest BCUT2D eigenvalue weighted by Gasteiger charge is 2.29. The molecule has 1 saturated heterocycles. The van der Waals surface area contributed by atoms with E-state index in [1.165, 1.54) is 17.3 Å². The minimum absolute atomic E-state index is 0.0418. The third kappa shape index (κ3) is 3.61. The number of sulfonamides is 1. The Bertz CT molecular complexity index is 651. The van der Waals surface area contributed by atoms with Crippen molar-refractivity contribution in [3.05, 3.63) is 28.5 Å². The van der Waals surface area contributed by atoms with Gasteiger partial charge in [0.25, 0.3) is 0 Å². The number of hydrogen-bond donors (Lipinski definition) is 0. The van der Waals surface area contributed by atoms with Crippen molar-refractivity contribution in [3.8, 4) is 0 Å². The highest BCUT2D eigenvalue weighted by atomic mass is 79.9. The zero-order valence-electron chi connectivity index (χ0n) is 11.6. The van der Waals surface area contributed by atoms with Crippen LogP contribution in [0.15, 0.2) is 27.6 Å². The third-order valence-corrected chi connectivity index (χ3v) is 6.29. The second-order valence-electron chi connectivity index (χ2n) is 4.84. The van der Waals surface area contributed by atoms with Gasteiger partial charge in [0.15, 0.2) is 0 Å². The molecule has 116 valence electrons. The summed E-state index contributed by atoms with van der Waals surface area (Å²) >= 11 is 3.09. The smallest absolute Gasteiger partial charge is 0.244 e. The lowest BCUT2D eigenvalue weighted by atomic mass is 10.3. The van der Waals surface area contributed by atoms with Crippen LogP contribution in [0.2, 0.25) is 0 Å². The number of nitrogens with zero attached hydrogens (tertiary/aromatic N) is 2. The van der Waals surface area contributed by atoms with Crippen molar-refractivity contribution in [1.29, 1.82) is 0 Å². The number of hydrogen-bond acceptors (Lipinski definition) is 3. The Balaban J connectivity index is 2.25. The van der Waals surface area contributed by atoms with Crippen LogP contribution in [0, 0.1) is 5.82 Å². The second kappa shape index (κ2) is 6.41. The van der Waals surface area contributed by atoms with Crippen molar-refractivity contribution < 1.29 is 17.6 Å². The van der Waals surface area contributed by atoms with Gasteiger partial charge in [-0.1, -0.05) is 0 Å². The summed E-state index contributed by atoms with van der Waals surface area (Å²) in [5, 5.41) is 0. The minimum atomic E-state index is -3.70. The number of halogens is 2. The Hall–Kier alpha value is -0.990. The van der Waals surface area contributed by atoms with Gasteiger partial charge in [-0.25, -0.2) is 12.8 Å². The van der Waals surface area contributed by atoms with Crippen LogP contribution < -0.4 is 0 Å². The van der Waals surface area contributed by atoms with Crippen molar-refractivity contribution in [2.24, 2.45) is 0 Å². The summed E-state index contributed by atoms with van der Waals surface area (Å²) in [6, 6.07) is 3.51. The van der Waals surface area contributed by atoms with Crippen LogP contribution in [0.5, 0.6) is 0 Å². The molecule has 1 aromatic rings. The fourth-order valence-corrected chi connectivity index (χ4v) is 4.75. The summed E-state index contributed by atoms with van der Waals surface area (Å²) in [4.78, 5) is 13.1. The second-order valence-corrected chi connectivity index (χ2v) is 7.60. The Labute approximate surface area is 131 Å². The monoisotopic (exact) mass is 378 g/mol.